The number of rotatable bonds is 3. The van der Waals surface area contributed by atoms with Gasteiger partial charge in [0.15, 0.2) is 0 Å². The Morgan fingerprint density at radius 2 is 1.88 bits per heavy atom. The summed E-state index contributed by atoms with van der Waals surface area (Å²) in [5, 5.41) is 0. The van der Waals surface area contributed by atoms with Crippen LogP contribution in [0.3, 0.4) is 0 Å². The summed E-state index contributed by atoms with van der Waals surface area (Å²) in [5.41, 5.74) is 5.91. The molecule has 0 aliphatic heterocycles. The van der Waals surface area contributed by atoms with Crippen molar-refractivity contribution < 1.29 is 4.79 Å². The van der Waals surface area contributed by atoms with Gasteiger partial charge in [0.25, 0.3) is 0 Å². The first-order valence-electron chi connectivity index (χ1n) is 6.69. The molecule has 0 saturated heterocycles. The van der Waals surface area contributed by atoms with Crippen LogP contribution in [0.4, 0.5) is 0 Å². The van der Waals surface area contributed by atoms with Crippen molar-refractivity contribution in [3.8, 4) is 0 Å². The molecule has 16 heavy (non-hydrogen) atoms. The minimum atomic E-state index is 0.329. The van der Waals surface area contributed by atoms with Gasteiger partial charge in [-0.1, -0.05) is 6.92 Å². The average Bonchev–Trinajstić information content (AvgIpc) is 2.99. The van der Waals surface area contributed by atoms with E-state index >= 15 is 0 Å². The zero-order valence-electron chi connectivity index (χ0n) is 10.5. The van der Waals surface area contributed by atoms with Gasteiger partial charge in [-0.25, -0.2) is 0 Å². The Kier molecular flexibility index (Phi) is 3.53. The lowest BCUT2D eigenvalue weighted by molar-refractivity contribution is -0.135. The Morgan fingerprint density at radius 1 is 1.31 bits per heavy atom. The van der Waals surface area contributed by atoms with Gasteiger partial charge < -0.3 is 10.6 Å². The van der Waals surface area contributed by atoms with Crippen molar-refractivity contribution >= 4 is 5.91 Å². The van der Waals surface area contributed by atoms with Gasteiger partial charge in [0, 0.05) is 24.5 Å². The summed E-state index contributed by atoms with van der Waals surface area (Å²) in [6.07, 6.45) is 5.45. The summed E-state index contributed by atoms with van der Waals surface area (Å²) in [7, 11) is 0. The molecule has 2 atom stereocenters. The zero-order valence-corrected chi connectivity index (χ0v) is 10.5. The largest absolute Gasteiger partial charge is 0.340 e. The Balaban J connectivity index is 1.91. The lowest BCUT2D eigenvalue weighted by Crippen LogP contribution is -2.44. The quantitative estimate of drug-likeness (QED) is 0.794. The third kappa shape index (κ3) is 2.40. The van der Waals surface area contributed by atoms with Crippen molar-refractivity contribution in [2.75, 3.05) is 6.54 Å². The third-order valence-electron chi connectivity index (χ3n) is 4.23. The van der Waals surface area contributed by atoms with E-state index in [0.717, 1.165) is 38.6 Å². The Bertz CT molecular complexity index is 259. The van der Waals surface area contributed by atoms with E-state index in [1.807, 2.05) is 0 Å². The first kappa shape index (κ1) is 11.9. The maximum absolute atomic E-state index is 12.2. The fourth-order valence-electron chi connectivity index (χ4n) is 2.89. The molecule has 0 aromatic rings. The maximum Gasteiger partial charge on any atom is 0.226 e. The molecule has 2 saturated carbocycles. The van der Waals surface area contributed by atoms with Gasteiger partial charge in [-0.15, -0.1) is 0 Å². The van der Waals surface area contributed by atoms with Crippen LogP contribution in [0.5, 0.6) is 0 Å². The highest BCUT2D eigenvalue weighted by atomic mass is 16.2. The van der Waals surface area contributed by atoms with Gasteiger partial charge in [-0.2, -0.15) is 0 Å². The molecule has 0 spiro atoms. The van der Waals surface area contributed by atoms with Crippen molar-refractivity contribution in [2.24, 2.45) is 17.6 Å². The minimum absolute atomic E-state index is 0.329. The van der Waals surface area contributed by atoms with Crippen molar-refractivity contribution in [2.45, 2.75) is 58.0 Å². The molecule has 1 amide bonds. The molecule has 0 radical (unpaired) electrons. The predicted molar refractivity (Wildman–Crippen MR) is 64.9 cm³/mol. The molecular weight excluding hydrogens is 200 g/mol. The topological polar surface area (TPSA) is 46.3 Å². The molecule has 3 nitrogen and oxygen atoms in total. The second-order valence-electron chi connectivity index (χ2n) is 5.51. The normalized spacial score (nSPS) is 38.2. The summed E-state index contributed by atoms with van der Waals surface area (Å²) in [5.74, 6) is 1.35. The van der Waals surface area contributed by atoms with E-state index in [0.29, 0.717) is 29.8 Å². The molecular formula is C13H24N2O. The Labute approximate surface area is 98.4 Å². The van der Waals surface area contributed by atoms with Crippen LogP contribution >= 0.6 is 0 Å². The molecule has 2 fully saturated rings. The fraction of sp³-hybridized carbons (Fsp3) is 0.923. The van der Waals surface area contributed by atoms with Gasteiger partial charge >= 0.3 is 0 Å². The standard InChI is InChI=1S/C13H24N2O/c1-3-15(13(16)12-8-9(12)2)11-6-4-10(14)5-7-11/h9-12H,3-8,14H2,1-2H3. The lowest BCUT2D eigenvalue weighted by atomic mass is 9.90. The molecule has 0 aromatic carbocycles. The Hall–Kier alpha value is -0.570. The van der Waals surface area contributed by atoms with E-state index in [2.05, 4.69) is 18.7 Å². The summed E-state index contributed by atoms with van der Waals surface area (Å²) < 4.78 is 0. The van der Waals surface area contributed by atoms with Crippen LogP contribution in [-0.2, 0) is 4.79 Å². The highest BCUT2D eigenvalue weighted by molar-refractivity contribution is 5.81. The van der Waals surface area contributed by atoms with Crippen molar-refractivity contribution in [3.63, 3.8) is 0 Å². The zero-order chi connectivity index (χ0) is 11.7. The highest BCUT2D eigenvalue weighted by Gasteiger charge is 2.42. The number of nitrogens with two attached hydrogens (primary N) is 1. The molecule has 2 rings (SSSR count). The molecule has 0 aromatic heterocycles. The van der Waals surface area contributed by atoms with Crippen LogP contribution in [0.1, 0.15) is 46.0 Å². The smallest absolute Gasteiger partial charge is 0.226 e. The monoisotopic (exact) mass is 224 g/mol. The van der Waals surface area contributed by atoms with Crippen molar-refractivity contribution in [1.82, 2.24) is 4.90 Å². The van der Waals surface area contributed by atoms with Crippen LogP contribution in [-0.4, -0.2) is 29.4 Å². The second-order valence-corrected chi connectivity index (χ2v) is 5.51. The van der Waals surface area contributed by atoms with E-state index in [1.165, 1.54) is 0 Å². The van der Waals surface area contributed by atoms with Crippen LogP contribution in [0.2, 0.25) is 0 Å². The number of nitrogens with zero attached hydrogens (tertiary/aromatic N) is 1. The second kappa shape index (κ2) is 4.74. The number of hydrogen-bond acceptors (Lipinski definition) is 2. The van der Waals surface area contributed by atoms with E-state index < -0.39 is 0 Å². The molecule has 0 bridgehead atoms. The molecule has 2 aliphatic carbocycles. The number of hydrogen-bond donors (Lipinski definition) is 1. The average molecular weight is 224 g/mol. The third-order valence-corrected chi connectivity index (χ3v) is 4.23. The first-order valence-corrected chi connectivity index (χ1v) is 6.69. The van der Waals surface area contributed by atoms with Crippen molar-refractivity contribution in [3.05, 3.63) is 0 Å². The maximum atomic E-state index is 12.2. The molecule has 2 aliphatic rings. The molecule has 2 N–H and O–H groups in total. The molecule has 92 valence electrons. The van der Waals surface area contributed by atoms with Crippen molar-refractivity contribution in [1.29, 1.82) is 0 Å². The highest BCUT2D eigenvalue weighted by Crippen LogP contribution is 2.40. The SMILES string of the molecule is CCN(C(=O)C1CC1C)C1CCC(N)CC1. The van der Waals surface area contributed by atoms with E-state index in [1.54, 1.807) is 0 Å². The van der Waals surface area contributed by atoms with E-state index in [4.69, 9.17) is 5.73 Å². The van der Waals surface area contributed by atoms with Gasteiger partial charge in [-0.05, 0) is 44.9 Å². The van der Waals surface area contributed by atoms with Gasteiger partial charge in [0.05, 0.1) is 0 Å². The van der Waals surface area contributed by atoms with Crippen LogP contribution in [0, 0.1) is 11.8 Å². The molecule has 0 heterocycles. The van der Waals surface area contributed by atoms with E-state index in [-0.39, 0.29) is 0 Å². The van der Waals surface area contributed by atoms with Crippen LogP contribution in [0.25, 0.3) is 0 Å². The lowest BCUT2D eigenvalue weighted by Gasteiger charge is -2.35. The first-order chi connectivity index (χ1) is 7.63. The predicted octanol–water partition coefficient (Wildman–Crippen LogP) is 1.76. The molecule has 2 unspecified atom stereocenters. The number of carbonyl (C=O) groups excluding carboxylic acids is 1. The van der Waals surface area contributed by atoms with E-state index in [9.17, 15) is 4.79 Å². The Morgan fingerprint density at radius 3 is 2.31 bits per heavy atom. The summed E-state index contributed by atoms with van der Waals surface area (Å²) in [4.78, 5) is 14.3. The van der Waals surface area contributed by atoms with Gasteiger partial charge in [-0.3, -0.25) is 4.79 Å². The number of amides is 1. The number of carbonyl (C=O) groups is 1. The summed E-state index contributed by atoms with van der Waals surface area (Å²) >= 11 is 0. The van der Waals surface area contributed by atoms with Crippen LogP contribution < -0.4 is 5.73 Å². The summed E-state index contributed by atoms with van der Waals surface area (Å²) in [6.45, 7) is 5.13. The molecule has 3 heteroatoms. The summed E-state index contributed by atoms with van der Waals surface area (Å²) in [6, 6.07) is 0.829. The fourth-order valence-corrected chi connectivity index (χ4v) is 2.89. The van der Waals surface area contributed by atoms with Gasteiger partial charge in [0.2, 0.25) is 5.91 Å². The van der Waals surface area contributed by atoms with Crippen LogP contribution in [0.15, 0.2) is 0 Å². The van der Waals surface area contributed by atoms with Gasteiger partial charge in [0.1, 0.15) is 0 Å². The minimum Gasteiger partial charge on any atom is -0.340 e.